The van der Waals surface area contributed by atoms with Gasteiger partial charge in [0.05, 0.1) is 4.90 Å². The maximum Gasteiger partial charge on any atom is 0.188 e. The predicted octanol–water partition coefficient (Wildman–Crippen LogP) is 1.36. The molecule has 7 heteroatoms. The number of tetrazole rings is 1. The van der Waals surface area contributed by atoms with Gasteiger partial charge in [-0.2, -0.15) is 0 Å². The fourth-order valence-corrected chi connectivity index (χ4v) is 3.65. The Morgan fingerprint density at radius 3 is 2.47 bits per heavy atom. The van der Waals surface area contributed by atoms with E-state index in [2.05, 4.69) is 15.5 Å². The lowest BCUT2D eigenvalue weighted by atomic mass is 10.2. The van der Waals surface area contributed by atoms with Gasteiger partial charge < -0.3 is 0 Å². The van der Waals surface area contributed by atoms with Crippen molar-refractivity contribution in [2.75, 3.05) is 0 Å². The average Bonchev–Trinajstić information content (AvgIpc) is 2.73. The highest BCUT2D eigenvalue weighted by Crippen LogP contribution is 2.28. The van der Waals surface area contributed by atoms with E-state index in [1.54, 1.807) is 33.0 Å². The molecule has 102 valence electrons. The van der Waals surface area contributed by atoms with Crippen molar-refractivity contribution in [3.05, 3.63) is 35.2 Å². The highest BCUT2D eigenvalue weighted by Gasteiger charge is 2.30. The van der Waals surface area contributed by atoms with Gasteiger partial charge in [0.1, 0.15) is 5.25 Å². The number of nitrogens with zero attached hydrogens (tertiary/aromatic N) is 4. The number of rotatable bonds is 3. The molecule has 2 aromatic rings. The third-order valence-corrected chi connectivity index (χ3v) is 5.33. The molecule has 0 saturated carbocycles. The largest absolute Gasteiger partial charge is 0.231 e. The summed E-state index contributed by atoms with van der Waals surface area (Å²) >= 11 is 0. The van der Waals surface area contributed by atoms with Gasteiger partial charge in [0.15, 0.2) is 15.7 Å². The molecule has 1 aromatic heterocycles. The molecule has 1 heterocycles. The first kappa shape index (κ1) is 13.7. The van der Waals surface area contributed by atoms with Crippen LogP contribution in [0, 0.1) is 13.8 Å². The van der Waals surface area contributed by atoms with E-state index in [1.165, 1.54) is 4.68 Å². The van der Waals surface area contributed by atoms with Crippen LogP contribution in [0.4, 0.5) is 0 Å². The quantitative estimate of drug-likeness (QED) is 0.848. The van der Waals surface area contributed by atoms with Gasteiger partial charge in [0, 0.05) is 7.05 Å². The molecule has 1 unspecified atom stereocenters. The van der Waals surface area contributed by atoms with Gasteiger partial charge in [-0.05, 0) is 42.8 Å². The molecule has 0 aliphatic heterocycles. The van der Waals surface area contributed by atoms with Crippen LogP contribution in [0.5, 0.6) is 0 Å². The lowest BCUT2D eigenvalue weighted by Gasteiger charge is -2.13. The van der Waals surface area contributed by atoms with E-state index >= 15 is 0 Å². The second kappa shape index (κ2) is 4.73. The zero-order valence-electron chi connectivity index (χ0n) is 11.3. The molecule has 0 aliphatic rings. The van der Waals surface area contributed by atoms with E-state index in [0.29, 0.717) is 10.7 Å². The second-order valence-electron chi connectivity index (χ2n) is 4.62. The highest BCUT2D eigenvalue weighted by molar-refractivity contribution is 7.91. The normalized spacial score (nSPS) is 13.5. The molecule has 0 N–H and O–H groups in total. The van der Waals surface area contributed by atoms with E-state index in [4.69, 9.17) is 0 Å². The monoisotopic (exact) mass is 280 g/mol. The topological polar surface area (TPSA) is 77.7 Å². The first-order valence-electron chi connectivity index (χ1n) is 5.87. The fraction of sp³-hybridized carbons (Fsp3) is 0.417. The minimum absolute atomic E-state index is 0.327. The van der Waals surface area contributed by atoms with E-state index < -0.39 is 15.1 Å². The molecule has 0 radical (unpaired) electrons. The lowest BCUT2D eigenvalue weighted by molar-refractivity contribution is 0.576. The number of aryl methyl sites for hydroxylation is 3. The van der Waals surface area contributed by atoms with Crippen LogP contribution < -0.4 is 0 Å². The summed E-state index contributed by atoms with van der Waals surface area (Å²) < 4.78 is 26.6. The Bertz CT molecular complexity index is 706. The second-order valence-corrected chi connectivity index (χ2v) is 6.85. The molecule has 19 heavy (non-hydrogen) atoms. The Balaban J connectivity index is 2.51. The fourth-order valence-electron chi connectivity index (χ4n) is 2.03. The summed E-state index contributed by atoms with van der Waals surface area (Å²) in [6, 6.07) is 5.29. The average molecular weight is 280 g/mol. The molecule has 2 rings (SSSR count). The Morgan fingerprint density at radius 2 is 1.95 bits per heavy atom. The summed E-state index contributed by atoms with van der Waals surface area (Å²) in [7, 11) is -1.87. The van der Waals surface area contributed by atoms with Gasteiger partial charge in [-0.25, -0.2) is 13.1 Å². The van der Waals surface area contributed by atoms with Crippen LogP contribution in [-0.2, 0) is 16.9 Å². The Hall–Kier alpha value is -1.76. The van der Waals surface area contributed by atoms with Crippen molar-refractivity contribution < 1.29 is 8.42 Å². The van der Waals surface area contributed by atoms with Crippen LogP contribution in [0.15, 0.2) is 23.1 Å². The smallest absolute Gasteiger partial charge is 0.188 e. The van der Waals surface area contributed by atoms with E-state index in [1.807, 2.05) is 13.0 Å². The zero-order chi connectivity index (χ0) is 14.2. The van der Waals surface area contributed by atoms with Gasteiger partial charge in [-0.15, -0.1) is 5.10 Å². The molecule has 0 saturated heterocycles. The Labute approximate surface area is 112 Å². The first-order valence-corrected chi connectivity index (χ1v) is 7.42. The highest BCUT2D eigenvalue weighted by atomic mass is 32.2. The number of hydrogen-bond acceptors (Lipinski definition) is 5. The maximum atomic E-state index is 12.6. The van der Waals surface area contributed by atoms with Gasteiger partial charge in [0.2, 0.25) is 0 Å². The third kappa shape index (κ3) is 2.37. The van der Waals surface area contributed by atoms with Crippen LogP contribution in [-0.4, -0.2) is 28.6 Å². The van der Waals surface area contributed by atoms with Gasteiger partial charge in [-0.1, -0.05) is 17.7 Å². The zero-order valence-corrected chi connectivity index (χ0v) is 12.1. The van der Waals surface area contributed by atoms with Crippen molar-refractivity contribution in [3.63, 3.8) is 0 Å². The summed E-state index contributed by atoms with van der Waals surface area (Å²) in [6.07, 6.45) is 0. The minimum Gasteiger partial charge on any atom is -0.231 e. The van der Waals surface area contributed by atoms with E-state index in [0.717, 1.165) is 11.1 Å². The molecule has 0 amide bonds. The lowest BCUT2D eigenvalue weighted by Crippen LogP contribution is -2.16. The maximum absolute atomic E-state index is 12.6. The van der Waals surface area contributed by atoms with Gasteiger partial charge in [-0.3, -0.25) is 0 Å². The summed E-state index contributed by atoms with van der Waals surface area (Å²) in [4.78, 5) is 0.327. The SMILES string of the molecule is Cc1ccc(S(=O)(=O)C(C)c2nnnn2C)c(C)c1. The van der Waals surface area contributed by atoms with Crippen molar-refractivity contribution in [1.29, 1.82) is 0 Å². The Morgan fingerprint density at radius 1 is 1.26 bits per heavy atom. The van der Waals surface area contributed by atoms with Crippen LogP contribution in [0.2, 0.25) is 0 Å². The molecular formula is C12H16N4O2S. The Kier molecular flexibility index (Phi) is 3.40. The van der Waals surface area contributed by atoms with Crippen LogP contribution in [0.25, 0.3) is 0 Å². The third-order valence-electron chi connectivity index (χ3n) is 3.12. The molecule has 6 nitrogen and oxygen atoms in total. The molecule has 1 aromatic carbocycles. The van der Waals surface area contributed by atoms with E-state index in [-0.39, 0.29) is 0 Å². The molecule has 0 spiro atoms. The van der Waals surface area contributed by atoms with Gasteiger partial charge >= 0.3 is 0 Å². The van der Waals surface area contributed by atoms with E-state index in [9.17, 15) is 8.42 Å². The van der Waals surface area contributed by atoms with Crippen molar-refractivity contribution in [2.45, 2.75) is 30.9 Å². The molecule has 1 atom stereocenters. The summed E-state index contributed by atoms with van der Waals surface area (Å²) in [6.45, 7) is 5.32. The van der Waals surface area contributed by atoms with Crippen molar-refractivity contribution in [2.24, 2.45) is 7.05 Å². The molecule has 0 fully saturated rings. The summed E-state index contributed by atoms with van der Waals surface area (Å²) in [5, 5.41) is 10.2. The van der Waals surface area contributed by atoms with Crippen molar-refractivity contribution in [3.8, 4) is 0 Å². The van der Waals surface area contributed by atoms with Crippen LogP contribution in [0.1, 0.15) is 29.1 Å². The molecular weight excluding hydrogens is 264 g/mol. The number of sulfone groups is 1. The standard InChI is InChI=1S/C12H16N4O2S/c1-8-5-6-11(9(2)7-8)19(17,18)10(3)12-13-14-15-16(12)4/h5-7,10H,1-4H3. The number of benzene rings is 1. The van der Waals surface area contributed by atoms with Crippen LogP contribution in [0.3, 0.4) is 0 Å². The van der Waals surface area contributed by atoms with Crippen molar-refractivity contribution >= 4 is 9.84 Å². The first-order chi connectivity index (χ1) is 8.84. The summed E-state index contributed by atoms with van der Waals surface area (Å²) in [5.41, 5.74) is 1.77. The predicted molar refractivity (Wildman–Crippen MR) is 70.3 cm³/mol. The van der Waals surface area contributed by atoms with Crippen molar-refractivity contribution in [1.82, 2.24) is 20.2 Å². The van der Waals surface area contributed by atoms with Gasteiger partial charge in [0.25, 0.3) is 0 Å². The molecule has 0 aliphatic carbocycles. The summed E-state index contributed by atoms with van der Waals surface area (Å²) in [5.74, 6) is 0.333. The molecule has 0 bridgehead atoms. The number of hydrogen-bond donors (Lipinski definition) is 0. The van der Waals surface area contributed by atoms with Crippen LogP contribution >= 0.6 is 0 Å². The minimum atomic E-state index is -3.50. The number of aromatic nitrogens is 4.